The van der Waals surface area contributed by atoms with Crippen LogP contribution in [0.15, 0.2) is 29.4 Å². The molecule has 2 aliphatic rings. The maximum absolute atomic E-state index is 12.5. The summed E-state index contributed by atoms with van der Waals surface area (Å²) in [7, 11) is 2.19. The maximum Gasteiger partial charge on any atom is 0.279 e. The summed E-state index contributed by atoms with van der Waals surface area (Å²) in [5.41, 5.74) is 2.55. The number of piperazine rings is 1. The Morgan fingerprint density at radius 2 is 1.95 bits per heavy atom. The van der Waals surface area contributed by atoms with E-state index in [0.717, 1.165) is 37.4 Å². The standard InChI is InChI=1S/C15H20N4O/c1-3-19-13-7-5-4-6-12(13)14(15(19)20)16-18-10-8-17(2)9-11-18/h4-7H,3,8-11H2,1-2H3/p+1/b16-14+. The fourth-order valence-electron chi connectivity index (χ4n) is 2.79. The highest BCUT2D eigenvalue weighted by Crippen LogP contribution is 2.28. The zero-order chi connectivity index (χ0) is 14.1. The molecule has 0 saturated carbocycles. The van der Waals surface area contributed by atoms with Crippen molar-refractivity contribution < 1.29 is 9.69 Å². The molecule has 5 nitrogen and oxygen atoms in total. The average molecular weight is 273 g/mol. The second kappa shape index (κ2) is 5.25. The number of fused-ring (bicyclic) bond motifs is 1. The topological polar surface area (TPSA) is 40.4 Å². The van der Waals surface area contributed by atoms with Gasteiger partial charge in [0.2, 0.25) is 0 Å². The maximum atomic E-state index is 12.5. The number of carbonyl (C=O) groups is 1. The van der Waals surface area contributed by atoms with Gasteiger partial charge >= 0.3 is 0 Å². The van der Waals surface area contributed by atoms with Crippen LogP contribution in [0.2, 0.25) is 0 Å². The van der Waals surface area contributed by atoms with Gasteiger partial charge in [-0.1, -0.05) is 18.2 Å². The van der Waals surface area contributed by atoms with Crippen LogP contribution in [-0.4, -0.2) is 56.4 Å². The van der Waals surface area contributed by atoms with Crippen LogP contribution in [0.4, 0.5) is 5.69 Å². The molecule has 1 N–H and O–H groups in total. The number of para-hydroxylation sites is 1. The van der Waals surface area contributed by atoms with Crippen molar-refractivity contribution in [1.29, 1.82) is 0 Å². The van der Waals surface area contributed by atoms with Gasteiger partial charge in [-0.2, -0.15) is 5.10 Å². The first-order chi connectivity index (χ1) is 9.70. The SMILES string of the molecule is CCN1C(=O)/C(=N/N2CC[NH+](C)CC2)c2ccccc21. The van der Waals surface area contributed by atoms with E-state index in [1.54, 1.807) is 4.90 Å². The number of rotatable bonds is 2. The molecule has 1 aromatic carbocycles. The molecule has 0 atom stereocenters. The van der Waals surface area contributed by atoms with Crippen molar-refractivity contribution in [3.63, 3.8) is 0 Å². The molecule has 0 unspecified atom stereocenters. The van der Waals surface area contributed by atoms with Crippen molar-refractivity contribution >= 4 is 17.3 Å². The van der Waals surface area contributed by atoms with E-state index in [0.29, 0.717) is 12.3 Å². The number of benzene rings is 1. The van der Waals surface area contributed by atoms with Gasteiger partial charge in [0.25, 0.3) is 5.91 Å². The van der Waals surface area contributed by atoms with E-state index < -0.39 is 0 Å². The molecule has 0 aromatic heterocycles. The first-order valence-electron chi connectivity index (χ1n) is 7.27. The smallest absolute Gasteiger partial charge is 0.279 e. The molecule has 5 heteroatoms. The van der Waals surface area contributed by atoms with Gasteiger partial charge in [-0.3, -0.25) is 9.80 Å². The third-order valence-electron chi connectivity index (χ3n) is 4.05. The van der Waals surface area contributed by atoms with E-state index in [9.17, 15) is 4.79 Å². The number of anilines is 1. The van der Waals surface area contributed by atoms with Crippen LogP contribution in [0, 0.1) is 0 Å². The minimum absolute atomic E-state index is 0.0278. The number of amides is 1. The number of hydrogen-bond donors (Lipinski definition) is 1. The third-order valence-corrected chi connectivity index (χ3v) is 4.05. The van der Waals surface area contributed by atoms with Crippen molar-refractivity contribution in [1.82, 2.24) is 5.01 Å². The fraction of sp³-hybridized carbons (Fsp3) is 0.467. The highest BCUT2D eigenvalue weighted by atomic mass is 16.2. The molecule has 1 saturated heterocycles. The summed E-state index contributed by atoms with van der Waals surface area (Å²) in [6.45, 7) is 6.65. The minimum Gasteiger partial charge on any atom is -0.334 e. The molecule has 106 valence electrons. The Bertz CT molecular complexity index is 547. The number of hydrazone groups is 1. The average Bonchev–Trinajstić information content (AvgIpc) is 2.74. The summed E-state index contributed by atoms with van der Waals surface area (Å²) in [6.07, 6.45) is 0. The largest absolute Gasteiger partial charge is 0.334 e. The van der Waals surface area contributed by atoms with Crippen LogP contribution in [0.25, 0.3) is 0 Å². The molecule has 2 heterocycles. The van der Waals surface area contributed by atoms with Gasteiger partial charge in [0, 0.05) is 12.1 Å². The second-order valence-electron chi connectivity index (χ2n) is 5.43. The number of nitrogens with zero attached hydrogens (tertiary/aromatic N) is 3. The van der Waals surface area contributed by atoms with Crippen LogP contribution in [0.3, 0.4) is 0 Å². The van der Waals surface area contributed by atoms with E-state index in [1.807, 2.05) is 36.2 Å². The van der Waals surface area contributed by atoms with Crippen LogP contribution in [0.5, 0.6) is 0 Å². The molecule has 1 amide bonds. The predicted molar refractivity (Wildman–Crippen MR) is 79.2 cm³/mol. The molecule has 0 aliphatic carbocycles. The molecule has 0 bridgehead atoms. The Balaban J connectivity index is 1.91. The van der Waals surface area contributed by atoms with Gasteiger partial charge in [-0.25, -0.2) is 0 Å². The Hall–Kier alpha value is -1.88. The Morgan fingerprint density at radius 3 is 2.65 bits per heavy atom. The highest BCUT2D eigenvalue weighted by Gasteiger charge is 2.33. The lowest BCUT2D eigenvalue weighted by atomic mass is 10.1. The lowest BCUT2D eigenvalue weighted by Gasteiger charge is -2.28. The summed E-state index contributed by atoms with van der Waals surface area (Å²) in [5, 5.41) is 6.67. The van der Waals surface area contributed by atoms with Crippen molar-refractivity contribution in [2.24, 2.45) is 5.10 Å². The highest BCUT2D eigenvalue weighted by molar-refractivity contribution is 6.54. The molecule has 2 aliphatic heterocycles. The molecular weight excluding hydrogens is 252 g/mol. The zero-order valence-electron chi connectivity index (χ0n) is 12.1. The van der Waals surface area contributed by atoms with Crippen LogP contribution < -0.4 is 9.80 Å². The van der Waals surface area contributed by atoms with E-state index >= 15 is 0 Å². The Labute approximate surface area is 119 Å². The fourth-order valence-corrected chi connectivity index (χ4v) is 2.79. The Kier molecular flexibility index (Phi) is 3.44. The van der Waals surface area contributed by atoms with E-state index in [4.69, 9.17) is 0 Å². The predicted octanol–water partition coefficient (Wildman–Crippen LogP) is -0.412. The lowest BCUT2D eigenvalue weighted by Crippen LogP contribution is -3.11. The van der Waals surface area contributed by atoms with Crippen molar-refractivity contribution in [3.8, 4) is 0 Å². The normalized spacial score (nSPS) is 21.7. The molecule has 0 radical (unpaired) electrons. The number of carbonyl (C=O) groups excluding carboxylic acids is 1. The van der Waals surface area contributed by atoms with Gasteiger partial charge in [0.15, 0.2) is 5.71 Å². The molecule has 3 rings (SSSR count). The lowest BCUT2D eigenvalue weighted by molar-refractivity contribution is -0.884. The van der Waals surface area contributed by atoms with Crippen molar-refractivity contribution in [2.75, 3.05) is 44.7 Å². The summed E-state index contributed by atoms with van der Waals surface area (Å²) in [4.78, 5) is 15.8. The first kappa shape index (κ1) is 13.1. The number of likely N-dealkylation sites (N-methyl/N-ethyl adjacent to an activating group) is 2. The van der Waals surface area contributed by atoms with Crippen LogP contribution in [-0.2, 0) is 4.79 Å². The molecule has 0 spiro atoms. The van der Waals surface area contributed by atoms with Gasteiger partial charge in [0.1, 0.15) is 0 Å². The minimum atomic E-state index is 0.0278. The number of nitrogens with one attached hydrogen (secondary N) is 1. The van der Waals surface area contributed by atoms with Crippen molar-refractivity contribution in [2.45, 2.75) is 6.92 Å². The second-order valence-corrected chi connectivity index (χ2v) is 5.43. The first-order valence-corrected chi connectivity index (χ1v) is 7.27. The summed E-state index contributed by atoms with van der Waals surface area (Å²) in [6, 6.07) is 7.92. The molecule has 20 heavy (non-hydrogen) atoms. The summed E-state index contributed by atoms with van der Waals surface area (Å²) >= 11 is 0. The van der Waals surface area contributed by atoms with Crippen molar-refractivity contribution in [3.05, 3.63) is 29.8 Å². The van der Waals surface area contributed by atoms with Gasteiger partial charge in [0.05, 0.1) is 38.9 Å². The van der Waals surface area contributed by atoms with E-state index in [1.165, 1.54) is 4.90 Å². The summed E-state index contributed by atoms with van der Waals surface area (Å²) < 4.78 is 0. The molecular formula is C15H21N4O+. The monoisotopic (exact) mass is 273 g/mol. The summed E-state index contributed by atoms with van der Waals surface area (Å²) in [5.74, 6) is 0.0278. The quantitative estimate of drug-likeness (QED) is 0.796. The van der Waals surface area contributed by atoms with Gasteiger partial charge in [-0.15, -0.1) is 0 Å². The van der Waals surface area contributed by atoms with Crippen LogP contribution >= 0.6 is 0 Å². The molecule has 1 aromatic rings. The number of quaternary nitrogens is 1. The van der Waals surface area contributed by atoms with E-state index in [2.05, 4.69) is 12.1 Å². The van der Waals surface area contributed by atoms with Gasteiger partial charge < -0.3 is 9.80 Å². The zero-order valence-corrected chi connectivity index (χ0v) is 12.1. The van der Waals surface area contributed by atoms with Gasteiger partial charge in [-0.05, 0) is 13.0 Å². The molecule has 1 fully saturated rings. The Morgan fingerprint density at radius 1 is 1.25 bits per heavy atom. The van der Waals surface area contributed by atoms with E-state index in [-0.39, 0.29) is 5.91 Å². The van der Waals surface area contributed by atoms with Crippen LogP contribution in [0.1, 0.15) is 12.5 Å². The third kappa shape index (κ3) is 2.18. The number of hydrogen-bond acceptors (Lipinski definition) is 3.